The fraction of sp³-hybridized carbons (Fsp3) is 1.00. The van der Waals surface area contributed by atoms with Crippen molar-refractivity contribution in [3.05, 3.63) is 0 Å². The highest BCUT2D eigenvalue weighted by Gasteiger charge is 2.91. The summed E-state index contributed by atoms with van der Waals surface area (Å²) >= 11 is 0. The third-order valence-electron chi connectivity index (χ3n) is 6.73. The minimum atomic E-state index is -8.07. The lowest BCUT2D eigenvalue weighted by Gasteiger charge is -2.39. The molecule has 0 aliphatic rings. The Morgan fingerprint density at radius 2 is 0.354 bits per heavy atom. The average Bonchev–Trinajstić information content (AvgIpc) is 2.87. The van der Waals surface area contributed by atoms with E-state index in [1.165, 1.54) is 0 Å². The van der Waals surface area contributed by atoms with Crippen LogP contribution in [0.3, 0.4) is 0 Å². The Kier molecular flexibility index (Phi) is 13.2. The summed E-state index contributed by atoms with van der Waals surface area (Å²) in [6, 6.07) is 0. The van der Waals surface area contributed by atoms with E-state index in [1.807, 2.05) is 0 Å². The van der Waals surface area contributed by atoms with Gasteiger partial charge in [-0.15, -0.1) is 0 Å². The number of hydrogen-bond acceptors (Lipinski definition) is 0. The van der Waals surface area contributed by atoms with Gasteiger partial charge in [0.1, 0.15) is 0 Å². The van der Waals surface area contributed by atoms with Crippen molar-refractivity contribution in [3.8, 4) is 0 Å². The molecule has 0 fully saturated rings. The van der Waals surface area contributed by atoms with Crippen molar-refractivity contribution >= 4 is 0 Å². The summed E-state index contributed by atoms with van der Waals surface area (Å²) < 4.78 is 339. The van der Waals surface area contributed by atoms with E-state index in [-0.39, 0.29) is 12.8 Å². The first-order valence-corrected chi connectivity index (χ1v) is 12.6. The SMILES string of the molecule is FC(F)(F)C(F)(F)C(F)(F)C(F)(F)C(F)(F)C(F)(F)CCCCCCCCCCC(F)(F)C(F)(F)C(F)(F)C(F)(F)C(F)(F)C(F)(F)F. The lowest BCUT2D eigenvalue weighted by molar-refractivity contribution is -0.440. The summed E-state index contributed by atoms with van der Waals surface area (Å²) in [6.45, 7) is 0. The molecule has 0 aromatic rings. The first kappa shape index (κ1) is 46.2. The van der Waals surface area contributed by atoms with Crippen molar-refractivity contribution < 1.29 is 114 Å². The molecule has 26 heteroatoms. The van der Waals surface area contributed by atoms with Gasteiger partial charge in [-0.05, 0) is 12.8 Å². The standard InChI is InChI=1S/C22H20F26/c23-11(24,13(27,28)15(31,32)17(35,36)19(39,40)21(43,44)45)9-7-5-3-1-2-4-6-8-10-12(25,26)14(29,30)16(33,34)18(37,38)20(41,42)22(46,47)48/h1-10H2. The van der Waals surface area contributed by atoms with Gasteiger partial charge in [0.25, 0.3) is 0 Å². The monoisotopic (exact) mass is 778 g/mol. The Morgan fingerprint density at radius 3 is 0.542 bits per heavy atom. The van der Waals surface area contributed by atoms with Gasteiger partial charge in [0, 0.05) is 12.8 Å². The van der Waals surface area contributed by atoms with Crippen LogP contribution in [0.5, 0.6) is 0 Å². The molecule has 0 nitrogen and oxygen atoms in total. The van der Waals surface area contributed by atoms with Crippen molar-refractivity contribution in [2.45, 2.75) is 136 Å². The zero-order valence-electron chi connectivity index (χ0n) is 22.9. The quantitative estimate of drug-likeness (QED) is 0.0905. The molecule has 0 aliphatic heterocycles. The van der Waals surface area contributed by atoms with Crippen LogP contribution in [-0.2, 0) is 0 Å². The van der Waals surface area contributed by atoms with Crippen LogP contribution in [0, 0.1) is 0 Å². The number of hydrogen-bond donors (Lipinski definition) is 0. The first-order valence-electron chi connectivity index (χ1n) is 12.6. The molecule has 0 aromatic heterocycles. The minimum absolute atomic E-state index is 0.266. The predicted molar refractivity (Wildman–Crippen MR) is 108 cm³/mol. The zero-order valence-corrected chi connectivity index (χ0v) is 22.9. The highest BCUT2D eigenvalue weighted by Crippen LogP contribution is 2.62. The van der Waals surface area contributed by atoms with Crippen LogP contribution in [0.15, 0.2) is 0 Å². The summed E-state index contributed by atoms with van der Waals surface area (Å²) in [5, 5.41) is 0. The second-order valence-electron chi connectivity index (χ2n) is 10.3. The van der Waals surface area contributed by atoms with E-state index in [0.717, 1.165) is 0 Å². The van der Waals surface area contributed by atoms with Gasteiger partial charge in [-0.25, -0.2) is 0 Å². The molecule has 290 valence electrons. The number of halogens is 26. The molecule has 0 aliphatic carbocycles. The highest BCUT2D eigenvalue weighted by atomic mass is 19.4. The normalized spacial score (nSPS) is 16.1. The minimum Gasteiger partial charge on any atom is -0.200 e. The predicted octanol–water partition coefficient (Wildman–Crippen LogP) is 12.4. The summed E-state index contributed by atoms with van der Waals surface area (Å²) in [7, 11) is 0. The fourth-order valence-corrected chi connectivity index (χ4v) is 3.67. The molecule has 0 saturated carbocycles. The maximum absolute atomic E-state index is 13.7. The Bertz CT molecular complexity index is 949. The largest absolute Gasteiger partial charge is 0.460 e. The molecule has 0 atom stereocenters. The lowest BCUT2D eigenvalue weighted by atomic mass is 9.91. The first-order chi connectivity index (χ1) is 20.7. The van der Waals surface area contributed by atoms with Gasteiger partial charge in [0.2, 0.25) is 0 Å². The Labute approximate surface area is 251 Å². The van der Waals surface area contributed by atoms with E-state index in [1.54, 1.807) is 0 Å². The Morgan fingerprint density at radius 1 is 0.188 bits per heavy atom. The average molecular weight is 778 g/mol. The second-order valence-corrected chi connectivity index (χ2v) is 10.3. The smallest absolute Gasteiger partial charge is 0.200 e. The summed E-state index contributed by atoms with van der Waals surface area (Å²) in [5.41, 5.74) is 0. The van der Waals surface area contributed by atoms with Crippen molar-refractivity contribution in [2.24, 2.45) is 0 Å². The van der Waals surface area contributed by atoms with Crippen LogP contribution in [0.25, 0.3) is 0 Å². The van der Waals surface area contributed by atoms with Gasteiger partial charge in [0.15, 0.2) is 0 Å². The van der Waals surface area contributed by atoms with Gasteiger partial charge < -0.3 is 0 Å². The molecule has 0 bridgehead atoms. The number of rotatable bonds is 19. The molecule has 0 spiro atoms. The second kappa shape index (κ2) is 13.7. The van der Waals surface area contributed by atoms with Crippen molar-refractivity contribution in [1.29, 1.82) is 0 Å². The highest BCUT2D eigenvalue weighted by molar-refractivity contribution is 5.11. The number of alkyl halides is 26. The van der Waals surface area contributed by atoms with E-state index in [2.05, 4.69) is 0 Å². The Balaban J connectivity index is 5.04. The summed E-state index contributed by atoms with van der Waals surface area (Å²) in [4.78, 5) is 0. The topological polar surface area (TPSA) is 0 Å². The van der Waals surface area contributed by atoms with Crippen molar-refractivity contribution in [3.63, 3.8) is 0 Å². The Hall–Kier alpha value is -1.82. The van der Waals surface area contributed by atoms with Gasteiger partial charge in [-0.3, -0.25) is 0 Å². The molecule has 0 unspecified atom stereocenters. The lowest BCUT2D eigenvalue weighted by Crippen LogP contribution is -2.70. The molecule has 48 heavy (non-hydrogen) atoms. The molecule has 0 N–H and O–H groups in total. The molecule has 0 saturated heterocycles. The maximum atomic E-state index is 13.7. The maximum Gasteiger partial charge on any atom is 0.460 e. The van der Waals surface area contributed by atoms with Gasteiger partial charge in [-0.1, -0.05) is 38.5 Å². The van der Waals surface area contributed by atoms with Crippen LogP contribution in [0.2, 0.25) is 0 Å². The molecule has 0 amide bonds. The van der Waals surface area contributed by atoms with E-state index in [4.69, 9.17) is 0 Å². The van der Waals surface area contributed by atoms with Gasteiger partial charge in [-0.2, -0.15) is 114 Å². The van der Waals surface area contributed by atoms with Crippen LogP contribution < -0.4 is 0 Å². The summed E-state index contributed by atoms with van der Waals surface area (Å²) in [6.07, 6.45) is -25.5. The fourth-order valence-electron chi connectivity index (χ4n) is 3.67. The van der Waals surface area contributed by atoms with Crippen molar-refractivity contribution in [2.75, 3.05) is 0 Å². The van der Waals surface area contributed by atoms with Crippen LogP contribution in [0.4, 0.5) is 114 Å². The molecule has 0 heterocycles. The third-order valence-corrected chi connectivity index (χ3v) is 6.73. The van der Waals surface area contributed by atoms with Gasteiger partial charge >= 0.3 is 71.6 Å². The third kappa shape index (κ3) is 7.74. The molecule has 0 radical (unpaired) electrons. The van der Waals surface area contributed by atoms with Crippen molar-refractivity contribution in [1.82, 2.24) is 0 Å². The molecular formula is C22H20F26. The van der Waals surface area contributed by atoms with Crippen LogP contribution in [0.1, 0.15) is 64.2 Å². The van der Waals surface area contributed by atoms with E-state index >= 15 is 0 Å². The number of unbranched alkanes of at least 4 members (excludes halogenated alkanes) is 7. The van der Waals surface area contributed by atoms with E-state index < -0.39 is 123 Å². The van der Waals surface area contributed by atoms with Gasteiger partial charge in [0.05, 0.1) is 0 Å². The van der Waals surface area contributed by atoms with Crippen LogP contribution in [-0.4, -0.2) is 71.6 Å². The molecular weight excluding hydrogens is 758 g/mol. The molecule has 0 rings (SSSR count). The van der Waals surface area contributed by atoms with Crippen LogP contribution >= 0.6 is 0 Å². The van der Waals surface area contributed by atoms with E-state index in [9.17, 15) is 114 Å². The van der Waals surface area contributed by atoms with E-state index in [0.29, 0.717) is 0 Å². The molecule has 0 aromatic carbocycles. The zero-order chi connectivity index (χ0) is 39.1. The summed E-state index contributed by atoms with van der Waals surface area (Å²) in [5.74, 6) is -75.4.